The Bertz CT molecular complexity index is 292. The lowest BCUT2D eigenvalue weighted by Crippen LogP contribution is -2.08. The van der Waals surface area contributed by atoms with Gasteiger partial charge in [0.25, 0.3) is 0 Å². The monoisotopic (exact) mass is 162 g/mol. The van der Waals surface area contributed by atoms with Gasteiger partial charge >= 0.3 is 0 Å². The van der Waals surface area contributed by atoms with Crippen molar-refractivity contribution in [1.29, 1.82) is 0 Å². The van der Waals surface area contributed by atoms with Crippen molar-refractivity contribution >= 4 is 5.69 Å². The van der Waals surface area contributed by atoms with Crippen LogP contribution in [0.4, 0.5) is 5.69 Å². The summed E-state index contributed by atoms with van der Waals surface area (Å²) in [7, 11) is 0. The van der Waals surface area contributed by atoms with Crippen molar-refractivity contribution in [3.63, 3.8) is 0 Å². The molecule has 4 N–H and O–H groups in total. The molecule has 1 atom stereocenters. The van der Waals surface area contributed by atoms with Crippen molar-refractivity contribution in [1.82, 2.24) is 0 Å². The molecule has 1 rings (SSSR count). The van der Waals surface area contributed by atoms with E-state index in [9.17, 15) is 0 Å². The Morgan fingerprint density at radius 2 is 2.17 bits per heavy atom. The van der Waals surface area contributed by atoms with Crippen molar-refractivity contribution in [2.24, 2.45) is 5.73 Å². The first-order valence-corrected chi connectivity index (χ1v) is 3.89. The first-order valence-electron chi connectivity index (χ1n) is 3.89. The van der Waals surface area contributed by atoms with E-state index in [1.165, 1.54) is 0 Å². The molecule has 0 aliphatic heterocycles. The summed E-state index contributed by atoms with van der Waals surface area (Å²) >= 11 is 0. The molecule has 1 aromatic rings. The van der Waals surface area contributed by atoms with E-state index in [2.05, 4.69) is 6.58 Å². The highest BCUT2D eigenvalue weighted by Crippen LogP contribution is 2.18. The fourth-order valence-electron chi connectivity index (χ4n) is 1.15. The standard InChI is InChI=1S/C10H14N2/c1-3-10(12)9-6-8(11)5-4-7(9)2/h3-6,10H,1,11-12H2,2H3/t10-/m1/s1. The van der Waals surface area contributed by atoms with E-state index in [0.29, 0.717) is 0 Å². The molecule has 0 bridgehead atoms. The number of anilines is 1. The number of nitrogens with two attached hydrogens (primary N) is 2. The number of nitrogen functional groups attached to an aromatic ring is 1. The SMILES string of the molecule is C=C[C@@H](N)c1cc(N)ccc1C. The average molecular weight is 162 g/mol. The second-order valence-corrected chi connectivity index (χ2v) is 2.88. The molecular formula is C10H14N2. The van der Waals surface area contributed by atoms with Gasteiger partial charge in [0.15, 0.2) is 0 Å². The summed E-state index contributed by atoms with van der Waals surface area (Å²) in [5, 5.41) is 0. The van der Waals surface area contributed by atoms with Gasteiger partial charge < -0.3 is 11.5 Å². The second kappa shape index (κ2) is 3.41. The lowest BCUT2D eigenvalue weighted by atomic mass is 10.0. The van der Waals surface area contributed by atoms with Gasteiger partial charge in [-0.15, -0.1) is 6.58 Å². The zero-order valence-electron chi connectivity index (χ0n) is 7.25. The molecule has 64 valence electrons. The minimum absolute atomic E-state index is 0.117. The zero-order chi connectivity index (χ0) is 9.14. The molecule has 0 saturated heterocycles. The molecular weight excluding hydrogens is 148 g/mol. The molecule has 0 radical (unpaired) electrons. The summed E-state index contributed by atoms with van der Waals surface area (Å²) in [6.45, 7) is 5.65. The Morgan fingerprint density at radius 1 is 1.50 bits per heavy atom. The molecule has 2 nitrogen and oxygen atoms in total. The van der Waals surface area contributed by atoms with Crippen LogP contribution in [0.5, 0.6) is 0 Å². The normalized spacial score (nSPS) is 12.5. The summed E-state index contributed by atoms with van der Waals surface area (Å²) in [6.07, 6.45) is 1.71. The first kappa shape index (κ1) is 8.81. The third-order valence-corrected chi connectivity index (χ3v) is 1.92. The van der Waals surface area contributed by atoms with Crippen molar-refractivity contribution in [3.05, 3.63) is 42.0 Å². The Labute approximate surface area is 72.9 Å². The number of hydrogen-bond donors (Lipinski definition) is 2. The summed E-state index contributed by atoms with van der Waals surface area (Å²) in [5.41, 5.74) is 14.4. The maximum atomic E-state index is 5.79. The predicted molar refractivity (Wildman–Crippen MR) is 52.7 cm³/mol. The van der Waals surface area contributed by atoms with Crippen molar-refractivity contribution in [3.8, 4) is 0 Å². The van der Waals surface area contributed by atoms with E-state index in [0.717, 1.165) is 16.8 Å². The third-order valence-electron chi connectivity index (χ3n) is 1.92. The van der Waals surface area contributed by atoms with Crippen molar-refractivity contribution in [2.45, 2.75) is 13.0 Å². The largest absolute Gasteiger partial charge is 0.399 e. The lowest BCUT2D eigenvalue weighted by molar-refractivity contribution is 0.903. The summed E-state index contributed by atoms with van der Waals surface area (Å²) < 4.78 is 0. The van der Waals surface area contributed by atoms with E-state index >= 15 is 0 Å². The summed E-state index contributed by atoms with van der Waals surface area (Å²) in [6, 6.07) is 5.61. The van der Waals surface area contributed by atoms with Crippen LogP contribution < -0.4 is 11.5 Å². The first-order chi connectivity index (χ1) is 5.65. The molecule has 1 aromatic carbocycles. The fraction of sp³-hybridized carbons (Fsp3) is 0.200. The fourth-order valence-corrected chi connectivity index (χ4v) is 1.15. The molecule has 0 aliphatic rings. The maximum Gasteiger partial charge on any atom is 0.0481 e. The van der Waals surface area contributed by atoms with Crippen molar-refractivity contribution in [2.75, 3.05) is 5.73 Å². The van der Waals surface area contributed by atoms with Crippen LogP contribution in [-0.4, -0.2) is 0 Å². The molecule has 0 saturated carbocycles. The second-order valence-electron chi connectivity index (χ2n) is 2.88. The van der Waals surface area contributed by atoms with E-state index in [4.69, 9.17) is 11.5 Å². The Balaban J connectivity index is 3.12. The highest BCUT2D eigenvalue weighted by Gasteiger charge is 2.04. The maximum absolute atomic E-state index is 5.79. The Kier molecular flexibility index (Phi) is 2.51. The smallest absolute Gasteiger partial charge is 0.0481 e. The minimum atomic E-state index is -0.117. The van der Waals surface area contributed by atoms with Gasteiger partial charge in [0.1, 0.15) is 0 Å². The van der Waals surface area contributed by atoms with Crippen LogP contribution in [0.1, 0.15) is 17.2 Å². The topological polar surface area (TPSA) is 52.0 Å². The zero-order valence-corrected chi connectivity index (χ0v) is 7.25. The Morgan fingerprint density at radius 3 is 2.75 bits per heavy atom. The van der Waals surface area contributed by atoms with Crippen LogP contribution in [0.2, 0.25) is 0 Å². The van der Waals surface area contributed by atoms with Gasteiger partial charge in [-0.2, -0.15) is 0 Å². The van der Waals surface area contributed by atoms with Gasteiger partial charge in [-0.1, -0.05) is 12.1 Å². The number of rotatable bonds is 2. The van der Waals surface area contributed by atoms with Crippen LogP contribution in [0.3, 0.4) is 0 Å². The molecule has 2 heteroatoms. The van der Waals surface area contributed by atoms with Gasteiger partial charge in [0, 0.05) is 11.7 Å². The minimum Gasteiger partial charge on any atom is -0.399 e. The van der Waals surface area contributed by atoms with Gasteiger partial charge in [0.2, 0.25) is 0 Å². The van der Waals surface area contributed by atoms with Crippen molar-refractivity contribution < 1.29 is 0 Å². The van der Waals surface area contributed by atoms with E-state index in [-0.39, 0.29) is 6.04 Å². The quantitative estimate of drug-likeness (QED) is 0.514. The average Bonchev–Trinajstić information content (AvgIpc) is 2.08. The lowest BCUT2D eigenvalue weighted by Gasteiger charge is -2.10. The van der Waals surface area contributed by atoms with Crippen LogP contribution in [0, 0.1) is 6.92 Å². The molecule has 0 fully saturated rings. The molecule has 12 heavy (non-hydrogen) atoms. The van der Waals surface area contributed by atoms with Crippen LogP contribution in [0.15, 0.2) is 30.9 Å². The molecule has 0 aromatic heterocycles. The molecule has 0 heterocycles. The number of benzene rings is 1. The third kappa shape index (κ3) is 1.66. The highest BCUT2D eigenvalue weighted by atomic mass is 14.6. The molecule has 0 aliphatic carbocycles. The Hall–Kier alpha value is -1.28. The van der Waals surface area contributed by atoms with Crippen LogP contribution >= 0.6 is 0 Å². The van der Waals surface area contributed by atoms with E-state index in [1.807, 2.05) is 25.1 Å². The van der Waals surface area contributed by atoms with Gasteiger partial charge in [-0.05, 0) is 30.2 Å². The predicted octanol–water partition coefficient (Wildman–Crippen LogP) is 1.76. The highest BCUT2D eigenvalue weighted by molar-refractivity contribution is 5.46. The van der Waals surface area contributed by atoms with Crippen LogP contribution in [-0.2, 0) is 0 Å². The summed E-state index contributed by atoms with van der Waals surface area (Å²) in [4.78, 5) is 0. The molecule has 0 amide bonds. The number of hydrogen-bond acceptors (Lipinski definition) is 2. The van der Waals surface area contributed by atoms with Gasteiger partial charge in [-0.3, -0.25) is 0 Å². The van der Waals surface area contributed by atoms with Gasteiger partial charge in [0.05, 0.1) is 0 Å². The number of aryl methyl sites for hydroxylation is 1. The molecule has 0 unspecified atom stereocenters. The van der Waals surface area contributed by atoms with Gasteiger partial charge in [-0.25, -0.2) is 0 Å². The summed E-state index contributed by atoms with van der Waals surface area (Å²) in [5.74, 6) is 0. The molecule has 0 spiro atoms. The van der Waals surface area contributed by atoms with E-state index < -0.39 is 0 Å². The van der Waals surface area contributed by atoms with E-state index in [1.54, 1.807) is 6.08 Å². The van der Waals surface area contributed by atoms with Crippen LogP contribution in [0.25, 0.3) is 0 Å².